The Labute approximate surface area is 223 Å². The molecule has 3 aromatic rings. The Morgan fingerprint density at radius 3 is 2.03 bits per heavy atom. The lowest BCUT2D eigenvalue weighted by Gasteiger charge is -2.19. The molecule has 1 aliphatic heterocycles. The first-order valence-electron chi connectivity index (χ1n) is 12.7. The lowest BCUT2D eigenvalue weighted by Crippen LogP contribution is -2.40. The van der Waals surface area contributed by atoms with E-state index in [0.717, 1.165) is 24.3 Å². The molecule has 9 heteroatoms. The van der Waals surface area contributed by atoms with Crippen molar-refractivity contribution >= 4 is 27.6 Å². The molecule has 4 rings (SSSR count). The van der Waals surface area contributed by atoms with Crippen LogP contribution < -0.4 is 19.1 Å². The largest absolute Gasteiger partial charge is 0.426 e. The molecule has 0 aliphatic carbocycles. The molecule has 200 valence electrons. The van der Waals surface area contributed by atoms with Crippen LogP contribution >= 0.6 is 0 Å². The second-order valence-electron chi connectivity index (χ2n) is 9.22. The van der Waals surface area contributed by atoms with E-state index < -0.39 is 33.9 Å². The van der Waals surface area contributed by atoms with E-state index in [-0.39, 0.29) is 10.6 Å². The lowest BCUT2D eigenvalue weighted by molar-refractivity contribution is -0.136. The smallest absolute Gasteiger partial charge is 0.329 e. The molecular weight excluding hydrogens is 504 g/mol. The zero-order chi connectivity index (χ0) is 27.1. The first-order valence-corrected chi connectivity index (χ1v) is 14.2. The molecule has 3 aromatic carbocycles. The number of nitrogens with one attached hydrogen (secondary N) is 1. The van der Waals surface area contributed by atoms with Gasteiger partial charge in [0.15, 0.2) is 0 Å². The van der Waals surface area contributed by atoms with Crippen LogP contribution in [0, 0.1) is 0 Å². The third-order valence-corrected chi connectivity index (χ3v) is 8.02. The summed E-state index contributed by atoms with van der Waals surface area (Å²) in [6.45, 7) is 5.43. The lowest BCUT2D eigenvalue weighted by atomic mass is 9.96. The predicted molar refractivity (Wildman–Crippen MR) is 145 cm³/mol. The van der Waals surface area contributed by atoms with E-state index in [1.807, 2.05) is 31.2 Å². The van der Waals surface area contributed by atoms with Gasteiger partial charge in [0.2, 0.25) is 10.0 Å². The monoisotopic (exact) mass is 536 g/mol. The molecule has 8 nitrogen and oxygen atoms in total. The first kappa shape index (κ1) is 27.3. The van der Waals surface area contributed by atoms with Crippen LogP contribution in [0.25, 0.3) is 0 Å². The molecule has 1 N–H and O–H groups in total. The van der Waals surface area contributed by atoms with E-state index in [0.29, 0.717) is 12.2 Å². The van der Waals surface area contributed by atoms with Gasteiger partial charge in [-0.2, -0.15) is 4.72 Å². The van der Waals surface area contributed by atoms with E-state index in [9.17, 15) is 18.0 Å². The van der Waals surface area contributed by atoms with E-state index >= 15 is 0 Å². The molecule has 0 amide bonds. The molecule has 1 unspecified atom stereocenters. The quantitative estimate of drug-likeness (QED) is 0.297. The highest BCUT2D eigenvalue weighted by Gasteiger charge is 2.25. The molecule has 0 bridgehead atoms. The van der Waals surface area contributed by atoms with Gasteiger partial charge >= 0.3 is 11.9 Å². The van der Waals surface area contributed by atoms with Crippen molar-refractivity contribution in [1.82, 2.24) is 4.72 Å². The average molecular weight is 537 g/mol. The fourth-order valence-corrected chi connectivity index (χ4v) is 5.54. The number of anilines is 1. The van der Waals surface area contributed by atoms with Gasteiger partial charge in [-0.3, -0.25) is 4.79 Å². The minimum atomic E-state index is -4.01. The van der Waals surface area contributed by atoms with Crippen molar-refractivity contribution < 1.29 is 27.5 Å². The van der Waals surface area contributed by atoms with Gasteiger partial charge in [0.1, 0.15) is 17.5 Å². The number of benzene rings is 3. The fraction of sp³-hybridized carbons (Fsp3) is 0.310. The number of carbonyl (C=O) groups is 2. The Hall–Kier alpha value is -3.69. The molecule has 1 saturated heterocycles. The minimum Gasteiger partial charge on any atom is -0.426 e. The van der Waals surface area contributed by atoms with Crippen molar-refractivity contribution in [2.75, 3.05) is 18.0 Å². The summed E-state index contributed by atoms with van der Waals surface area (Å²) in [5.74, 6) is -1.03. The summed E-state index contributed by atoms with van der Waals surface area (Å²) >= 11 is 0. The van der Waals surface area contributed by atoms with Crippen LogP contribution in [0.4, 0.5) is 5.69 Å². The first-order chi connectivity index (χ1) is 18.3. The van der Waals surface area contributed by atoms with Crippen molar-refractivity contribution in [3.8, 4) is 11.5 Å². The SMILES string of the molecule is CCC(C(=O)Oc1ccc(S(=O)(=O)N[C@@H](C)C(=O)Oc2ccccc2)cc1)c1ccc(N2CCCC2)cc1. The van der Waals surface area contributed by atoms with E-state index in [4.69, 9.17) is 9.47 Å². The van der Waals surface area contributed by atoms with Crippen LogP contribution in [0.15, 0.2) is 83.8 Å². The third kappa shape index (κ3) is 6.79. The Balaban J connectivity index is 1.36. The van der Waals surface area contributed by atoms with E-state index in [1.54, 1.807) is 30.3 Å². The summed E-state index contributed by atoms with van der Waals surface area (Å²) in [5, 5.41) is 0. The van der Waals surface area contributed by atoms with Crippen molar-refractivity contribution in [3.05, 3.63) is 84.4 Å². The maximum absolute atomic E-state index is 12.9. The summed E-state index contributed by atoms with van der Waals surface area (Å²) in [6, 6.07) is 20.8. The minimum absolute atomic E-state index is 0.0683. The highest BCUT2D eigenvalue weighted by atomic mass is 32.2. The van der Waals surface area contributed by atoms with Crippen molar-refractivity contribution in [1.29, 1.82) is 0 Å². The maximum atomic E-state index is 12.9. The number of hydrogen-bond donors (Lipinski definition) is 1. The van der Waals surface area contributed by atoms with Crippen LogP contribution in [0.1, 0.15) is 44.6 Å². The Morgan fingerprint density at radius 1 is 0.842 bits per heavy atom. The van der Waals surface area contributed by atoms with Gasteiger partial charge in [0.25, 0.3) is 0 Å². The molecule has 38 heavy (non-hydrogen) atoms. The van der Waals surface area contributed by atoms with Gasteiger partial charge in [-0.1, -0.05) is 37.3 Å². The normalized spacial score (nSPS) is 15.1. The fourth-order valence-electron chi connectivity index (χ4n) is 4.35. The van der Waals surface area contributed by atoms with Crippen LogP contribution in [0.2, 0.25) is 0 Å². The number of esters is 2. The molecule has 1 fully saturated rings. The van der Waals surface area contributed by atoms with Gasteiger partial charge < -0.3 is 14.4 Å². The zero-order valence-corrected chi connectivity index (χ0v) is 22.3. The molecular formula is C29H32N2O6S. The molecule has 0 saturated carbocycles. The van der Waals surface area contributed by atoms with Crippen LogP contribution in [0.3, 0.4) is 0 Å². The molecule has 1 heterocycles. The van der Waals surface area contributed by atoms with Gasteiger partial charge in [-0.05, 0) is 80.3 Å². The second kappa shape index (κ2) is 12.2. The number of nitrogens with zero attached hydrogens (tertiary/aromatic N) is 1. The number of rotatable bonds is 10. The van der Waals surface area contributed by atoms with Crippen molar-refractivity contribution in [3.63, 3.8) is 0 Å². The topological polar surface area (TPSA) is 102 Å². The van der Waals surface area contributed by atoms with Gasteiger partial charge in [0.05, 0.1) is 10.8 Å². The van der Waals surface area contributed by atoms with Gasteiger partial charge in [-0.15, -0.1) is 0 Å². The van der Waals surface area contributed by atoms with Gasteiger partial charge in [0, 0.05) is 18.8 Å². The standard InChI is InChI=1S/C29H32N2O6S/c1-3-27(22-11-13-23(14-12-22)31-19-7-8-20-31)29(33)37-25-15-17-26(18-16-25)38(34,35)30-21(2)28(32)36-24-9-5-4-6-10-24/h4-6,9-18,21,27,30H,3,7-8,19-20H2,1-2H3/t21-,27?/m0/s1. The Bertz CT molecular complexity index is 1340. The summed E-state index contributed by atoms with van der Waals surface area (Å²) in [7, 11) is -4.01. The second-order valence-corrected chi connectivity index (χ2v) is 10.9. The maximum Gasteiger partial charge on any atom is 0.329 e. The molecule has 2 atom stereocenters. The third-order valence-electron chi connectivity index (χ3n) is 6.46. The molecule has 1 aliphatic rings. The molecule has 0 radical (unpaired) electrons. The number of para-hydroxylation sites is 1. The zero-order valence-electron chi connectivity index (χ0n) is 21.5. The summed E-state index contributed by atoms with van der Waals surface area (Å²) < 4.78 is 38.6. The predicted octanol–water partition coefficient (Wildman–Crippen LogP) is 4.66. The van der Waals surface area contributed by atoms with E-state index in [2.05, 4.69) is 9.62 Å². The van der Waals surface area contributed by atoms with Crippen LogP contribution in [0.5, 0.6) is 11.5 Å². The number of ether oxygens (including phenoxy) is 2. The van der Waals surface area contributed by atoms with E-state index in [1.165, 1.54) is 44.0 Å². The summed E-state index contributed by atoms with van der Waals surface area (Å²) in [6.07, 6.45) is 2.96. The number of sulfonamides is 1. The average Bonchev–Trinajstić information content (AvgIpc) is 3.45. The molecule has 0 spiro atoms. The Morgan fingerprint density at radius 2 is 1.42 bits per heavy atom. The van der Waals surface area contributed by atoms with Crippen molar-refractivity contribution in [2.45, 2.75) is 50.0 Å². The van der Waals surface area contributed by atoms with Gasteiger partial charge in [-0.25, -0.2) is 13.2 Å². The van der Waals surface area contributed by atoms with Crippen LogP contribution in [-0.2, 0) is 19.6 Å². The molecule has 0 aromatic heterocycles. The van der Waals surface area contributed by atoms with Crippen LogP contribution in [-0.4, -0.2) is 39.5 Å². The highest BCUT2D eigenvalue weighted by Crippen LogP contribution is 2.27. The highest BCUT2D eigenvalue weighted by molar-refractivity contribution is 7.89. The van der Waals surface area contributed by atoms with Crippen molar-refractivity contribution in [2.24, 2.45) is 0 Å². The summed E-state index contributed by atoms with van der Waals surface area (Å²) in [5.41, 5.74) is 2.03. The summed E-state index contributed by atoms with van der Waals surface area (Å²) in [4.78, 5) is 27.5. The Kier molecular flexibility index (Phi) is 8.81. The number of hydrogen-bond acceptors (Lipinski definition) is 7. The number of carbonyl (C=O) groups excluding carboxylic acids is 2.